The van der Waals surface area contributed by atoms with Crippen molar-refractivity contribution in [3.8, 4) is 0 Å². The summed E-state index contributed by atoms with van der Waals surface area (Å²) in [6, 6.07) is 66.3. The van der Waals surface area contributed by atoms with Gasteiger partial charge in [-0.05, 0) is 236 Å². The quantitative estimate of drug-likeness (QED) is 0.142. The molecule has 1 aliphatic rings. The van der Waals surface area contributed by atoms with Gasteiger partial charge in [0.05, 0.1) is 0 Å². The van der Waals surface area contributed by atoms with Crippen LogP contribution in [-0.2, 0) is 98.7 Å². The van der Waals surface area contributed by atoms with Crippen LogP contribution in [0.3, 0.4) is 0 Å². The molecule has 0 N–H and O–H groups in total. The molecule has 8 bridgehead atoms. The third kappa shape index (κ3) is 15.2. The van der Waals surface area contributed by atoms with Crippen molar-refractivity contribution in [3.05, 3.63) is 281 Å². The highest BCUT2D eigenvalue weighted by Gasteiger charge is 2.25. The summed E-state index contributed by atoms with van der Waals surface area (Å²) >= 11 is 0. The van der Waals surface area contributed by atoms with Gasteiger partial charge in [0.25, 0.3) is 0 Å². The standard InChI is InChI=1S/C80H96/c1-77(2,3)69-49-61-37-25-39-63-51-70(78(4,5)6)53-65(74(63)46-58-31-19-14-20-32-58)41-27-43-67-55-72(80(10,11)12)56-68(76(67)48-60-35-23-16-24-36-60)44-28-42-66-54-71(79(7,8)9)52-64(75(66)47-59-33-21-15-22-34-59)40-26-38-62(50-69)73(61)45-57-29-17-13-18-30-57/h13-24,29-36,49-56H,25-28,37-48H2,1-12H3. The average Bonchev–Trinajstić information content (AvgIpc) is 3.41. The second kappa shape index (κ2) is 25.3. The first kappa shape index (κ1) is 58.4. The van der Waals surface area contributed by atoms with Crippen molar-refractivity contribution in [1.29, 1.82) is 0 Å². The lowest BCUT2D eigenvalue weighted by molar-refractivity contribution is 0.585. The normalized spacial score (nSPS) is 14.3. The van der Waals surface area contributed by atoms with E-state index in [0.29, 0.717) is 0 Å². The van der Waals surface area contributed by atoms with E-state index < -0.39 is 0 Å². The van der Waals surface area contributed by atoms with Crippen LogP contribution in [0.4, 0.5) is 0 Å². The predicted octanol–water partition coefficient (Wildman–Crippen LogP) is 20.3. The molecule has 0 aliphatic heterocycles. The van der Waals surface area contributed by atoms with Crippen molar-refractivity contribution >= 4 is 0 Å². The van der Waals surface area contributed by atoms with Crippen molar-refractivity contribution < 1.29 is 0 Å². The molecule has 0 radical (unpaired) electrons. The molecule has 0 nitrogen and oxygen atoms in total. The van der Waals surface area contributed by atoms with E-state index >= 15 is 0 Å². The molecule has 0 heterocycles. The molecule has 0 saturated heterocycles. The third-order valence-corrected chi connectivity index (χ3v) is 17.7. The molecule has 9 rings (SSSR count). The molecule has 0 fully saturated rings. The number of aryl methyl sites for hydroxylation is 8. The van der Waals surface area contributed by atoms with E-state index in [9.17, 15) is 0 Å². The molecule has 0 amide bonds. The summed E-state index contributed by atoms with van der Waals surface area (Å²) in [7, 11) is 0. The molecule has 0 atom stereocenters. The van der Waals surface area contributed by atoms with Crippen LogP contribution in [0.1, 0.15) is 220 Å². The summed E-state index contributed by atoms with van der Waals surface area (Å²) in [6.45, 7) is 29.0. The fraction of sp³-hybridized carbons (Fsp3) is 0.400. The number of hydrogen-bond acceptors (Lipinski definition) is 0. The topological polar surface area (TPSA) is 0 Å². The second-order valence-electron chi connectivity index (χ2n) is 28.2. The monoisotopic (exact) mass is 1060 g/mol. The molecular weight excluding hydrogens is 961 g/mol. The number of benzene rings is 8. The Labute approximate surface area is 486 Å². The molecule has 8 aromatic carbocycles. The zero-order valence-corrected chi connectivity index (χ0v) is 51.5. The Hall–Kier alpha value is -6.24. The zero-order valence-electron chi connectivity index (χ0n) is 51.5. The molecule has 8 aromatic rings. The number of rotatable bonds is 8. The van der Waals surface area contributed by atoms with Gasteiger partial charge in [0, 0.05) is 0 Å². The van der Waals surface area contributed by atoms with E-state index in [-0.39, 0.29) is 21.7 Å². The smallest absolute Gasteiger partial charge is 0.00203 e. The first-order valence-corrected chi connectivity index (χ1v) is 30.9. The van der Waals surface area contributed by atoms with Gasteiger partial charge in [-0.2, -0.15) is 0 Å². The Morgan fingerprint density at radius 2 is 0.375 bits per heavy atom. The van der Waals surface area contributed by atoms with Gasteiger partial charge in [0.15, 0.2) is 0 Å². The van der Waals surface area contributed by atoms with Crippen LogP contribution in [0.2, 0.25) is 0 Å². The van der Waals surface area contributed by atoms with E-state index in [1.165, 1.54) is 44.5 Å². The predicted molar refractivity (Wildman–Crippen MR) is 346 cm³/mol. The van der Waals surface area contributed by atoms with Gasteiger partial charge in [-0.1, -0.05) is 253 Å². The first-order valence-electron chi connectivity index (χ1n) is 30.9. The first-order chi connectivity index (χ1) is 38.2. The van der Waals surface area contributed by atoms with Gasteiger partial charge in [0.2, 0.25) is 0 Å². The summed E-state index contributed by atoms with van der Waals surface area (Å²) in [5, 5.41) is 0. The number of fused-ring (bicyclic) bond motifs is 8. The molecule has 0 saturated carbocycles. The fourth-order valence-electron chi connectivity index (χ4n) is 12.7. The van der Waals surface area contributed by atoms with Gasteiger partial charge in [-0.25, -0.2) is 0 Å². The maximum atomic E-state index is 2.62. The van der Waals surface area contributed by atoms with Crippen molar-refractivity contribution in [2.75, 3.05) is 0 Å². The van der Waals surface area contributed by atoms with Crippen molar-refractivity contribution in [3.63, 3.8) is 0 Å². The Kier molecular flexibility index (Phi) is 18.5. The van der Waals surface area contributed by atoms with Crippen LogP contribution >= 0.6 is 0 Å². The van der Waals surface area contributed by atoms with E-state index in [0.717, 1.165) is 103 Å². The molecule has 416 valence electrons. The molecule has 0 spiro atoms. The maximum Gasteiger partial charge on any atom is -0.00203 e. The molecule has 80 heavy (non-hydrogen) atoms. The highest BCUT2D eigenvalue weighted by molar-refractivity contribution is 5.50. The van der Waals surface area contributed by atoms with Crippen LogP contribution in [0.5, 0.6) is 0 Å². The minimum atomic E-state index is 0.0337. The Morgan fingerprint density at radius 1 is 0.225 bits per heavy atom. The lowest BCUT2D eigenvalue weighted by Gasteiger charge is -2.27. The highest BCUT2D eigenvalue weighted by Crippen LogP contribution is 2.37. The van der Waals surface area contributed by atoms with E-state index in [2.05, 4.69) is 253 Å². The van der Waals surface area contributed by atoms with Gasteiger partial charge in [-0.3, -0.25) is 0 Å². The minimum Gasteiger partial charge on any atom is -0.0622 e. The van der Waals surface area contributed by atoms with Crippen LogP contribution in [0.25, 0.3) is 0 Å². The highest BCUT2D eigenvalue weighted by atomic mass is 14.3. The summed E-state index contributed by atoms with van der Waals surface area (Å²) in [5.74, 6) is 0. The summed E-state index contributed by atoms with van der Waals surface area (Å²) in [5.41, 5.74) is 30.2. The SMILES string of the molecule is CC(C)(C)c1cc2c(Cc3ccccc3)c(c1)CCCc1cc(C(C)(C)C)cc(c1Cc1ccccc1)CCCc1cc(C(C)(C)C)cc(c1Cc1ccccc1)CCCc1cc(C(C)(C)C)cc(c1Cc1ccccc1)CCC2. The molecular formula is C80H96. The van der Waals surface area contributed by atoms with Crippen molar-refractivity contribution in [1.82, 2.24) is 0 Å². The van der Waals surface area contributed by atoms with Gasteiger partial charge in [0.1, 0.15) is 0 Å². The lowest BCUT2D eigenvalue weighted by Crippen LogP contribution is -2.16. The molecule has 0 unspecified atom stereocenters. The Morgan fingerprint density at radius 3 is 0.512 bits per heavy atom. The molecule has 1 aliphatic carbocycles. The van der Waals surface area contributed by atoms with E-state index in [1.54, 1.807) is 66.8 Å². The largest absolute Gasteiger partial charge is 0.0622 e. The van der Waals surface area contributed by atoms with Crippen LogP contribution in [-0.4, -0.2) is 0 Å². The summed E-state index contributed by atoms with van der Waals surface area (Å²) in [6.07, 6.45) is 16.8. The van der Waals surface area contributed by atoms with Gasteiger partial charge < -0.3 is 0 Å². The Bertz CT molecular complexity index is 2750. The van der Waals surface area contributed by atoms with Crippen molar-refractivity contribution in [2.45, 2.75) is 207 Å². The second-order valence-corrected chi connectivity index (χ2v) is 28.2. The Balaban J connectivity index is 1.22. The van der Waals surface area contributed by atoms with Gasteiger partial charge in [-0.15, -0.1) is 0 Å². The third-order valence-electron chi connectivity index (χ3n) is 17.7. The van der Waals surface area contributed by atoms with Crippen LogP contribution in [0.15, 0.2) is 170 Å². The van der Waals surface area contributed by atoms with E-state index in [1.807, 2.05) is 0 Å². The van der Waals surface area contributed by atoms with Crippen LogP contribution in [0, 0.1) is 0 Å². The fourth-order valence-corrected chi connectivity index (χ4v) is 12.7. The lowest BCUT2D eigenvalue weighted by atomic mass is 9.78. The van der Waals surface area contributed by atoms with Crippen LogP contribution < -0.4 is 0 Å². The maximum absolute atomic E-state index is 2.62. The zero-order chi connectivity index (χ0) is 56.7. The summed E-state index contributed by atoms with van der Waals surface area (Å²) < 4.78 is 0. The van der Waals surface area contributed by atoms with Crippen molar-refractivity contribution in [2.24, 2.45) is 0 Å². The average molecular weight is 1060 g/mol. The number of hydrogen-bond donors (Lipinski definition) is 0. The molecule has 0 heteroatoms. The van der Waals surface area contributed by atoms with Gasteiger partial charge >= 0.3 is 0 Å². The van der Waals surface area contributed by atoms with E-state index in [4.69, 9.17) is 0 Å². The summed E-state index contributed by atoms with van der Waals surface area (Å²) in [4.78, 5) is 0. The minimum absolute atomic E-state index is 0.0337. The molecule has 0 aromatic heterocycles.